The van der Waals surface area contributed by atoms with E-state index in [1.165, 1.54) is 18.4 Å². The fraction of sp³-hybridized carbons (Fsp3) is 0.167. The van der Waals surface area contributed by atoms with Crippen LogP contribution in [0.5, 0.6) is 5.88 Å². The van der Waals surface area contributed by atoms with E-state index in [9.17, 15) is 4.79 Å². The maximum Gasteiger partial charge on any atom is 0.343 e. The number of rotatable bonds is 5. The summed E-state index contributed by atoms with van der Waals surface area (Å²) in [6.45, 7) is 0.183. The van der Waals surface area contributed by atoms with Crippen LogP contribution in [0.4, 0.5) is 9.80 Å². The summed E-state index contributed by atoms with van der Waals surface area (Å²) < 4.78 is 5.51. The van der Waals surface area contributed by atoms with Crippen LogP contribution in [0.2, 0.25) is 0 Å². The van der Waals surface area contributed by atoms with Crippen LogP contribution in [-0.4, -0.2) is 28.3 Å². The van der Waals surface area contributed by atoms with E-state index in [0.29, 0.717) is 22.0 Å². The second-order valence-corrected chi connectivity index (χ2v) is 4.74. The largest absolute Gasteiger partial charge is 0.473 e. The lowest BCUT2D eigenvalue weighted by atomic mass is 10.2. The van der Waals surface area contributed by atoms with Crippen molar-refractivity contribution in [2.75, 3.05) is 12.4 Å². The summed E-state index contributed by atoms with van der Waals surface area (Å²) in [6, 6.07) is 1.14. The van der Waals surface area contributed by atoms with Crippen LogP contribution in [0.15, 0.2) is 22.9 Å². The Bertz CT molecular complexity index is 672. The lowest BCUT2D eigenvalue weighted by molar-refractivity contribution is 0.220. The molecular formula is C12H12N6O2S. The highest BCUT2D eigenvalue weighted by atomic mass is 32.1. The monoisotopic (exact) mass is 304 g/mol. The van der Waals surface area contributed by atoms with E-state index >= 15 is 0 Å². The molecule has 0 aromatic carbocycles. The number of urea groups is 1. The van der Waals surface area contributed by atoms with Gasteiger partial charge in [-0.25, -0.2) is 9.89 Å². The number of anilines is 1. The van der Waals surface area contributed by atoms with Crippen molar-refractivity contribution < 1.29 is 9.53 Å². The molecule has 0 aliphatic rings. The molecule has 3 N–H and O–H groups in total. The zero-order valence-electron chi connectivity index (χ0n) is 11.1. The third-order valence-corrected chi connectivity index (χ3v) is 3.50. The topological polar surface area (TPSA) is 106 Å². The molecule has 0 radical (unpaired) electrons. The normalized spacial score (nSPS) is 9.71. The first-order chi connectivity index (χ1) is 10.2. The summed E-state index contributed by atoms with van der Waals surface area (Å²) in [4.78, 5) is 11.7. The van der Waals surface area contributed by atoms with Crippen LogP contribution in [0.3, 0.4) is 0 Å². The number of nitrogens with zero attached hydrogens (tertiary/aromatic N) is 3. The molecule has 0 aliphatic carbocycles. The Morgan fingerprint density at radius 3 is 3.19 bits per heavy atom. The first-order valence-corrected chi connectivity index (χ1v) is 6.65. The van der Waals surface area contributed by atoms with Crippen molar-refractivity contribution in [3.05, 3.63) is 28.8 Å². The number of carbonyl (C=O) groups is 1. The molecule has 2 heterocycles. The zero-order valence-corrected chi connectivity index (χ0v) is 11.9. The Morgan fingerprint density at radius 2 is 2.57 bits per heavy atom. The Balaban J connectivity index is 2.14. The average Bonchev–Trinajstić information content (AvgIpc) is 3.13. The molecule has 21 heavy (non-hydrogen) atoms. The lowest BCUT2D eigenvalue weighted by Gasteiger charge is -2.11. The minimum Gasteiger partial charge on any atom is -0.473 e. The quantitative estimate of drug-likeness (QED) is 0.448. The van der Waals surface area contributed by atoms with Gasteiger partial charge >= 0.3 is 6.03 Å². The fourth-order valence-electron chi connectivity index (χ4n) is 1.45. The van der Waals surface area contributed by atoms with Gasteiger partial charge in [-0.15, -0.1) is 17.8 Å². The molecule has 0 fully saturated rings. The molecule has 0 saturated carbocycles. The first kappa shape index (κ1) is 14.5. The highest BCUT2D eigenvalue weighted by molar-refractivity contribution is 7.14. The molecule has 0 aliphatic heterocycles. The fourth-order valence-corrected chi connectivity index (χ4v) is 2.35. The van der Waals surface area contributed by atoms with Crippen molar-refractivity contribution in [2.45, 2.75) is 6.61 Å². The number of amides is 2. The molecule has 8 nitrogen and oxygen atoms in total. The third kappa shape index (κ3) is 3.37. The van der Waals surface area contributed by atoms with Gasteiger partial charge < -0.3 is 4.74 Å². The van der Waals surface area contributed by atoms with Crippen LogP contribution in [-0.2, 0) is 6.61 Å². The number of ether oxygens (including phenoxy) is 1. The van der Waals surface area contributed by atoms with Gasteiger partial charge in [-0.3, -0.25) is 5.32 Å². The maximum absolute atomic E-state index is 11.7. The number of H-pyrrole nitrogens is 1. The van der Waals surface area contributed by atoms with Crippen molar-refractivity contribution >= 4 is 22.4 Å². The SMILES string of the molecule is C#Cc1csc(NC(=O)N(C)N=N)c1COc1ccn[nH]1. The van der Waals surface area contributed by atoms with E-state index in [-0.39, 0.29) is 6.61 Å². The Labute approximate surface area is 124 Å². The number of thiophene rings is 1. The smallest absolute Gasteiger partial charge is 0.343 e. The van der Waals surface area contributed by atoms with Gasteiger partial charge in [-0.05, 0) is 0 Å². The molecule has 0 saturated heterocycles. The summed E-state index contributed by atoms with van der Waals surface area (Å²) in [5.41, 5.74) is 8.12. The standard InChI is InChI=1S/C12H12N6O2S/c1-3-8-7-21-11(15-12(19)18(2)17-13)9(8)6-20-10-4-5-14-16-10/h1,4-5,7,13H,6H2,2H3,(H,14,16)(H,15,19). The molecular weight excluding hydrogens is 292 g/mol. The minimum absolute atomic E-state index is 0.183. The highest BCUT2D eigenvalue weighted by Gasteiger charge is 2.16. The first-order valence-electron chi connectivity index (χ1n) is 5.77. The third-order valence-electron chi connectivity index (χ3n) is 2.56. The summed E-state index contributed by atoms with van der Waals surface area (Å²) in [7, 11) is 1.37. The van der Waals surface area contributed by atoms with Crippen LogP contribution < -0.4 is 10.1 Å². The van der Waals surface area contributed by atoms with E-state index in [1.54, 1.807) is 17.6 Å². The molecule has 2 aromatic rings. The van der Waals surface area contributed by atoms with E-state index in [4.69, 9.17) is 16.7 Å². The van der Waals surface area contributed by atoms with Crippen LogP contribution in [0.1, 0.15) is 11.1 Å². The van der Waals surface area contributed by atoms with Crippen molar-refractivity contribution in [1.82, 2.24) is 15.2 Å². The second-order valence-electron chi connectivity index (χ2n) is 3.86. The minimum atomic E-state index is -0.529. The summed E-state index contributed by atoms with van der Waals surface area (Å²) in [6.07, 6.45) is 7.01. The summed E-state index contributed by atoms with van der Waals surface area (Å²) in [5.74, 6) is 3.04. The number of hydrogen-bond donors (Lipinski definition) is 3. The van der Waals surface area contributed by atoms with Crippen molar-refractivity contribution in [3.8, 4) is 18.2 Å². The van der Waals surface area contributed by atoms with Gasteiger partial charge in [-0.1, -0.05) is 11.1 Å². The Kier molecular flexibility index (Phi) is 4.53. The second kappa shape index (κ2) is 6.53. The lowest BCUT2D eigenvalue weighted by Crippen LogP contribution is -2.26. The highest BCUT2D eigenvalue weighted by Crippen LogP contribution is 2.29. The number of carbonyl (C=O) groups excluding carboxylic acids is 1. The van der Waals surface area contributed by atoms with Crippen molar-refractivity contribution in [3.63, 3.8) is 0 Å². The molecule has 0 unspecified atom stereocenters. The van der Waals surface area contributed by atoms with Crippen LogP contribution in [0.25, 0.3) is 0 Å². The molecule has 108 valence electrons. The number of hydrogen-bond acceptors (Lipinski definition) is 6. The predicted molar refractivity (Wildman–Crippen MR) is 77.1 cm³/mol. The summed E-state index contributed by atoms with van der Waals surface area (Å²) in [5, 5.41) is 15.3. The predicted octanol–water partition coefficient (Wildman–Crippen LogP) is 2.44. The molecule has 2 aromatic heterocycles. The Morgan fingerprint density at radius 1 is 1.76 bits per heavy atom. The number of terminal acetylenes is 1. The molecule has 0 spiro atoms. The molecule has 2 rings (SSSR count). The maximum atomic E-state index is 11.7. The van der Waals surface area contributed by atoms with E-state index < -0.39 is 6.03 Å². The van der Waals surface area contributed by atoms with Gasteiger partial charge in [-0.2, -0.15) is 15.6 Å². The molecule has 9 heteroatoms. The molecule has 2 amide bonds. The number of aromatic nitrogens is 2. The van der Waals surface area contributed by atoms with Crippen LogP contribution in [0, 0.1) is 17.9 Å². The zero-order chi connectivity index (χ0) is 15.2. The van der Waals surface area contributed by atoms with Gasteiger partial charge in [0.2, 0.25) is 5.88 Å². The molecule has 0 atom stereocenters. The van der Waals surface area contributed by atoms with Gasteiger partial charge in [0.05, 0.1) is 6.20 Å². The van der Waals surface area contributed by atoms with E-state index in [2.05, 4.69) is 26.7 Å². The van der Waals surface area contributed by atoms with Gasteiger partial charge in [0.15, 0.2) is 0 Å². The van der Waals surface area contributed by atoms with Crippen molar-refractivity contribution in [2.24, 2.45) is 5.22 Å². The Hall–Kier alpha value is -2.86. The number of nitrogens with one attached hydrogen (secondary N) is 3. The summed E-state index contributed by atoms with van der Waals surface area (Å²) >= 11 is 1.28. The van der Waals surface area contributed by atoms with Gasteiger partial charge in [0.1, 0.15) is 11.6 Å². The van der Waals surface area contributed by atoms with Crippen molar-refractivity contribution in [1.29, 1.82) is 5.53 Å². The number of aromatic amines is 1. The van der Waals surface area contributed by atoms with E-state index in [0.717, 1.165) is 5.01 Å². The van der Waals surface area contributed by atoms with Crippen LogP contribution >= 0.6 is 11.3 Å². The van der Waals surface area contributed by atoms with Gasteiger partial charge in [0.25, 0.3) is 0 Å². The van der Waals surface area contributed by atoms with Gasteiger partial charge in [0, 0.05) is 29.6 Å². The van der Waals surface area contributed by atoms with E-state index in [1.807, 2.05) is 0 Å². The average molecular weight is 304 g/mol. The molecule has 0 bridgehead atoms.